The molecular formula is C14H20. The average Bonchev–Trinajstić information content (AvgIpc) is 2.06. The largest absolute Gasteiger partial charge is 0.0747 e. The van der Waals surface area contributed by atoms with Crippen molar-refractivity contribution in [2.24, 2.45) is 11.8 Å². The Morgan fingerprint density at radius 2 is 1.00 bits per heavy atom. The summed E-state index contributed by atoms with van der Waals surface area (Å²) in [6, 6.07) is 8.75. The van der Waals surface area contributed by atoms with Crippen molar-refractivity contribution >= 4 is 12.2 Å². The second-order valence-corrected chi connectivity index (χ2v) is 4.49. The fourth-order valence-electron chi connectivity index (χ4n) is 1.49. The molecule has 0 aliphatic heterocycles. The summed E-state index contributed by atoms with van der Waals surface area (Å²) in [5, 5.41) is 2.64. The van der Waals surface area contributed by atoms with Gasteiger partial charge in [-0.3, -0.25) is 0 Å². The highest BCUT2D eigenvalue weighted by molar-refractivity contribution is 5.30. The number of hydrogen-bond donors (Lipinski definition) is 0. The van der Waals surface area contributed by atoms with E-state index in [1.54, 1.807) is 0 Å². The van der Waals surface area contributed by atoms with E-state index < -0.39 is 0 Å². The van der Waals surface area contributed by atoms with Crippen molar-refractivity contribution in [2.45, 2.75) is 27.7 Å². The van der Waals surface area contributed by atoms with Crippen LogP contribution in [0.3, 0.4) is 0 Å². The maximum atomic E-state index is 2.28. The third kappa shape index (κ3) is 3.78. The molecule has 0 bridgehead atoms. The predicted octanol–water partition coefficient (Wildman–Crippen LogP) is 2.56. The lowest BCUT2D eigenvalue weighted by Gasteiger charge is -1.95. The zero-order valence-electron chi connectivity index (χ0n) is 9.62. The van der Waals surface area contributed by atoms with Crippen LogP contribution in [0.5, 0.6) is 0 Å². The Labute approximate surface area is 87.0 Å². The minimum absolute atomic E-state index is 0.620. The van der Waals surface area contributed by atoms with Gasteiger partial charge in [-0.1, -0.05) is 64.1 Å². The van der Waals surface area contributed by atoms with Gasteiger partial charge in [0.2, 0.25) is 0 Å². The summed E-state index contributed by atoms with van der Waals surface area (Å²) in [5.74, 6) is 1.24. The molecule has 0 heteroatoms. The van der Waals surface area contributed by atoms with Crippen LogP contribution in [0, 0.1) is 11.8 Å². The summed E-state index contributed by atoms with van der Waals surface area (Å²) in [6.45, 7) is 8.81. The fraction of sp³-hybridized carbons (Fsp3) is 0.429. The van der Waals surface area contributed by atoms with E-state index in [-0.39, 0.29) is 0 Å². The van der Waals surface area contributed by atoms with E-state index in [1.165, 1.54) is 10.4 Å². The maximum Gasteiger partial charge on any atom is -0.0281 e. The summed E-state index contributed by atoms with van der Waals surface area (Å²) in [4.78, 5) is 0. The van der Waals surface area contributed by atoms with Crippen LogP contribution in [0.2, 0.25) is 0 Å². The molecule has 0 aromatic heterocycles. The molecule has 1 aromatic rings. The Morgan fingerprint density at radius 3 is 1.21 bits per heavy atom. The van der Waals surface area contributed by atoms with Gasteiger partial charge in [0, 0.05) is 0 Å². The van der Waals surface area contributed by atoms with Crippen LogP contribution in [-0.2, 0) is 0 Å². The Hall–Kier alpha value is -1.04. The van der Waals surface area contributed by atoms with Gasteiger partial charge in [-0.2, -0.15) is 0 Å². The SMILES string of the molecule is CC(C)C=c1ccc(=CC(C)C)cc1. The Morgan fingerprint density at radius 1 is 0.714 bits per heavy atom. The number of rotatable bonds is 2. The van der Waals surface area contributed by atoms with Crippen LogP contribution in [-0.4, -0.2) is 0 Å². The molecule has 0 heterocycles. The molecule has 0 radical (unpaired) electrons. The van der Waals surface area contributed by atoms with Gasteiger partial charge in [-0.05, 0) is 22.3 Å². The summed E-state index contributed by atoms with van der Waals surface area (Å²) in [5.41, 5.74) is 0. The van der Waals surface area contributed by atoms with Crippen LogP contribution in [0.15, 0.2) is 24.3 Å². The summed E-state index contributed by atoms with van der Waals surface area (Å²) < 4.78 is 0. The van der Waals surface area contributed by atoms with Gasteiger partial charge in [0.1, 0.15) is 0 Å². The second kappa shape index (κ2) is 4.99. The molecule has 14 heavy (non-hydrogen) atoms. The van der Waals surface area contributed by atoms with Crippen molar-refractivity contribution in [3.63, 3.8) is 0 Å². The first-order chi connectivity index (χ1) is 6.58. The summed E-state index contributed by atoms with van der Waals surface area (Å²) in [7, 11) is 0. The van der Waals surface area contributed by atoms with Crippen LogP contribution in [0.25, 0.3) is 12.2 Å². The lowest BCUT2D eigenvalue weighted by atomic mass is 10.1. The Bertz CT molecular complexity index is 320. The predicted molar refractivity (Wildman–Crippen MR) is 64.3 cm³/mol. The van der Waals surface area contributed by atoms with Crippen LogP contribution < -0.4 is 10.4 Å². The van der Waals surface area contributed by atoms with Gasteiger partial charge in [-0.25, -0.2) is 0 Å². The van der Waals surface area contributed by atoms with Gasteiger partial charge >= 0.3 is 0 Å². The zero-order chi connectivity index (χ0) is 10.6. The monoisotopic (exact) mass is 188 g/mol. The van der Waals surface area contributed by atoms with Gasteiger partial charge in [0.15, 0.2) is 0 Å². The van der Waals surface area contributed by atoms with Crippen molar-refractivity contribution in [1.29, 1.82) is 0 Å². The van der Waals surface area contributed by atoms with Gasteiger partial charge in [0.25, 0.3) is 0 Å². The van der Waals surface area contributed by atoms with Crippen LogP contribution >= 0.6 is 0 Å². The molecule has 76 valence electrons. The summed E-state index contributed by atoms with van der Waals surface area (Å²) in [6.07, 6.45) is 4.55. The molecule has 0 fully saturated rings. The first kappa shape index (κ1) is 11.0. The van der Waals surface area contributed by atoms with Crippen molar-refractivity contribution in [2.75, 3.05) is 0 Å². The standard InChI is InChI=1S/C14H20/c1-11(2)9-13-5-7-14(8-6-13)10-12(3)4/h5-12H,1-4H3. The topological polar surface area (TPSA) is 0 Å². The lowest BCUT2D eigenvalue weighted by Crippen LogP contribution is -2.08. The fourth-order valence-corrected chi connectivity index (χ4v) is 1.49. The maximum absolute atomic E-state index is 2.28. The van der Waals surface area contributed by atoms with Gasteiger partial charge < -0.3 is 0 Å². The Kier molecular flexibility index (Phi) is 3.94. The first-order valence-electron chi connectivity index (χ1n) is 5.37. The molecule has 0 atom stereocenters. The first-order valence-corrected chi connectivity index (χ1v) is 5.37. The third-order valence-corrected chi connectivity index (χ3v) is 1.99. The lowest BCUT2D eigenvalue weighted by molar-refractivity contribution is 0.879. The van der Waals surface area contributed by atoms with E-state index in [0.717, 1.165) is 0 Å². The third-order valence-electron chi connectivity index (χ3n) is 1.99. The van der Waals surface area contributed by atoms with E-state index in [2.05, 4.69) is 64.1 Å². The molecular weight excluding hydrogens is 168 g/mol. The van der Waals surface area contributed by atoms with Crippen LogP contribution in [0.4, 0.5) is 0 Å². The molecule has 1 aromatic carbocycles. The molecule has 0 aliphatic carbocycles. The quantitative estimate of drug-likeness (QED) is 0.669. The second-order valence-electron chi connectivity index (χ2n) is 4.49. The highest BCUT2D eigenvalue weighted by Gasteiger charge is 1.87. The van der Waals surface area contributed by atoms with Crippen molar-refractivity contribution in [3.8, 4) is 0 Å². The van der Waals surface area contributed by atoms with Crippen molar-refractivity contribution < 1.29 is 0 Å². The van der Waals surface area contributed by atoms with E-state index in [0.29, 0.717) is 11.8 Å². The molecule has 0 unspecified atom stereocenters. The van der Waals surface area contributed by atoms with E-state index in [9.17, 15) is 0 Å². The molecule has 1 rings (SSSR count). The van der Waals surface area contributed by atoms with E-state index in [4.69, 9.17) is 0 Å². The molecule has 0 saturated carbocycles. The molecule has 0 saturated heterocycles. The highest BCUT2D eigenvalue weighted by atomic mass is 13.9. The normalized spacial score (nSPS) is 10.7. The Balaban J connectivity index is 3.01. The van der Waals surface area contributed by atoms with E-state index >= 15 is 0 Å². The zero-order valence-corrected chi connectivity index (χ0v) is 9.62. The van der Waals surface area contributed by atoms with E-state index in [1.807, 2.05) is 0 Å². The van der Waals surface area contributed by atoms with Crippen molar-refractivity contribution in [1.82, 2.24) is 0 Å². The molecule has 0 spiro atoms. The molecule has 0 N–H and O–H groups in total. The van der Waals surface area contributed by atoms with Crippen LogP contribution in [0.1, 0.15) is 27.7 Å². The average molecular weight is 188 g/mol. The minimum Gasteiger partial charge on any atom is -0.0747 e. The van der Waals surface area contributed by atoms with Gasteiger partial charge in [0.05, 0.1) is 0 Å². The smallest absolute Gasteiger partial charge is 0.0281 e. The molecule has 0 nitrogen and oxygen atoms in total. The molecule has 0 aliphatic rings. The molecule has 0 amide bonds. The summed E-state index contributed by atoms with van der Waals surface area (Å²) >= 11 is 0. The highest BCUT2D eigenvalue weighted by Crippen LogP contribution is 1.92. The van der Waals surface area contributed by atoms with Gasteiger partial charge in [-0.15, -0.1) is 0 Å². The van der Waals surface area contributed by atoms with Crippen molar-refractivity contribution in [3.05, 3.63) is 34.7 Å². The number of benzene rings is 1. The number of hydrogen-bond acceptors (Lipinski definition) is 0. The minimum atomic E-state index is 0.620.